The van der Waals surface area contributed by atoms with Crippen LogP contribution in [0, 0.1) is 0 Å². The van der Waals surface area contributed by atoms with E-state index in [0.717, 1.165) is 31.2 Å². The number of aromatic carboxylic acids is 2. The van der Waals surface area contributed by atoms with E-state index in [1.54, 1.807) is 0 Å². The van der Waals surface area contributed by atoms with Crippen LogP contribution in [0.1, 0.15) is 44.9 Å². The van der Waals surface area contributed by atoms with Crippen molar-refractivity contribution in [1.29, 1.82) is 0 Å². The van der Waals surface area contributed by atoms with E-state index in [9.17, 15) is 34.8 Å². The summed E-state index contributed by atoms with van der Waals surface area (Å²) in [5.41, 5.74) is -7.62. The third-order valence-corrected chi connectivity index (χ3v) is 5.70. The van der Waals surface area contributed by atoms with Crippen LogP contribution in [0.2, 0.25) is 10.0 Å². The summed E-state index contributed by atoms with van der Waals surface area (Å²) in [6.45, 7) is 0.747. The van der Waals surface area contributed by atoms with Crippen LogP contribution in [0.3, 0.4) is 0 Å². The zero-order valence-electron chi connectivity index (χ0n) is 15.7. The van der Waals surface area contributed by atoms with Gasteiger partial charge < -0.3 is 25.2 Å². The molecule has 0 bridgehead atoms. The Hall–Kier alpha value is -2.72. The zero-order valence-corrected chi connectivity index (χ0v) is 17.2. The summed E-state index contributed by atoms with van der Waals surface area (Å²) in [5, 5.41) is 40.7. The molecule has 0 saturated carbocycles. The number of carbonyl (C=O) groups excluding carboxylic acids is 1. The summed E-state index contributed by atoms with van der Waals surface area (Å²) >= 11 is 11.8. The van der Waals surface area contributed by atoms with Crippen LogP contribution in [0.5, 0.6) is 0 Å². The monoisotopic (exact) mass is 472 g/mol. The standard InChI is InChI=1S/C20H15Cl2FO8/c1-19(23)18(30)31-20(19,13-7-9(22)3-5-11(13)17(28)29)15(25)14(24)12-6-8(21)2-4-10(12)16(26)27/h2-7,14-15,24-25H,1H3,(H,26,27)(H,28,29)/t14-,15-,19+,20-/m1/s1. The molecule has 1 fully saturated rings. The summed E-state index contributed by atoms with van der Waals surface area (Å²) in [7, 11) is 0. The number of aliphatic hydroxyl groups excluding tert-OH is 2. The molecule has 8 nitrogen and oxygen atoms in total. The van der Waals surface area contributed by atoms with Crippen LogP contribution >= 0.6 is 23.2 Å². The number of rotatable bonds is 6. The quantitative estimate of drug-likeness (QED) is 0.470. The molecule has 1 aliphatic rings. The molecule has 2 aromatic rings. The molecule has 0 aromatic heterocycles. The second-order valence-corrected chi connectivity index (χ2v) is 7.92. The molecule has 0 aliphatic carbocycles. The van der Waals surface area contributed by atoms with E-state index in [4.69, 9.17) is 27.9 Å². The first-order valence-corrected chi connectivity index (χ1v) is 9.44. The van der Waals surface area contributed by atoms with Crippen LogP contribution in [0.25, 0.3) is 0 Å². The summed E-state index contributed by atoms with van der Waals surface area (Å²) in [5.74, 6) is -4.44. The largest absolute Gasteiger partial charge is 0.478 e. The van der Waals surface area contributed by atoms with Crippen molar-refractivity contribution >= 4 is 41.1 Å². The summed E-state index contributed by atoms with van der Waals surface area (Å²) in [6.07, 6.45) is -4.48. The highest BCUT2D eigenvalue weighted by molar-refractivity contribution is 6.31. The maximum Gasteiger partial charge on any atom is 0.349 e. The molecular formula is C20H15Cl2FO8. The van der Waals surface area contributed by atoms with Crippen molar-refractivity contribution in [3.63, 3.8) is 0 Å². The van der Waals surface area contributed by atoms with Gasteiger partial charge >= 0.3 is 17.9 Å². The molecule has 1 saturated heterocycles. The van der Waals surface area contributed by atoms with Crippen LogP contribution in [-0.2, 0) is 15.1 Å². The Morgan fingerprint density at radius 2 is 1.52 bits per heavy atom. The predicted octanol–water partition coefficient (Wildman–Crippen LogP) is 2.96. The molecule has 3 rings (SSSR count). The van der Waals surface area contributed by atoms with E-state index in [-0.39, 0.29) is 10.0 Å². The van der Waals surface area contributed by atoms with Gasteiger partial charge in [-0.3, -0.25) is 0 Å². The van der Waals surface area contributed by atoms with Gasteiger partial charge in [0.05, 0.1) is 11.1 Å². The third kappa shape index (κ3) is 3.43. The highest BCUT2D eigenvalue weighted by atomic mass is 35.5. The maximum atomic E-state index is 15.5. The van der Waals surface area contributed by atoms with Gasteiger partial charge in [-0.25, -0.2) is 18.8 Å². The number of aliphatic hydroxyl groups is 2. The SMILES string of the molecule is C[C@]1(F)C(=O)O[C@]1(c1cc(Cl)ccc1C(=O)O)[C@H](O)[C@H](O)c1cc(Cl)ccc1C(=O)O. The Labute approximate surface area is 184 Å². The van der Waals surface area contributed by atoms with Gasteiger partial charge in [0.15, 0.2) is 0 Å². The summed E-state index contributed by atoms with van der Waals surface area (Å²) < 4.78 is 20.5. The number of alkyl halides is 1. The molecule has 11 heteroatoms. The minimum atomic E-state index is -3.00. The average molecular weight is 473 g/mol. The van der Waals surface area contributed by atoms with Gasteiger partial charge in [-0.05, 0) is 48.9 Å². The Balaban J connectivity index is 2.25. The lowest BCUT2D eigenvalue weighted by molar-refractivity contribution is -0.286. The molecule has 164 valence electrons. The molecule has 31 heavy (non-hydrogen) atoms. The first kappa shape index (κ1) is 23.0. The lowest BCUT2D eigenvalue weighted by Crippen LogP contribution is -2.72. The first-order valence-electron chi connectivity index (χ1n) is 8.69. The Kier molecular flexibility index (Phi) is 5.74. The van der Waals surface area contributed by atoms with Gasteiger partial charge in [0.25, 0.3) is 5.67 Å². The molecule has 4 atom stereocenters. The fraction of sp³-hybridized carbons (Fsp3) is 0.250. The van der Waals surface area contributed by atoms with Crippen LogP contribution in [-0.4, -0.2) is 50.1 Å². The number of ether oxygens (including phenoxy) is 1. The van der Waals surface area contributed by atoms with Crippen molar-refractivity contribution in [2.75, 3.05) is 0 Å². The van der Waals surface area contributed by atoms with Crippen LogP contribution < -0.4 is 0 Å². The van der Waals surface area contributed by atoms with Crippen LogP contribution in [0.4, 0.5) is 4.39 Å². The number of benzene rings is 2. The lowest BCUT2D eigenvalue weighted by Gasteiger charge is -2.53. The first-order chi connectivity index (χ1) is 14.3. The van der Waals surface area contributed by atoms with Gasteiger partial charge in [0.2, 0.25) is 5.60 Å². The van der Waals surface area contributed by atoms with E-state index < -0.39 is 63.6 Å². The van der Waals surface area contributed by atoms with E-state index in [0.29, 0.717) is 0 Å². The van der Waals surface area contributed by atoms with Crippen molar-refractivity contribution < 1.29 is 43.9 Å². The highest BCUT2D eigenvalue weighted by Crippen LogP contribution is 2.55. The van der Waals surface area contributed by atoms with Gasteiger partial charge in [-0.15, -0.1) is 0 Å². The minimum absolute atomic E-state index is 0.00268. The van der Waals surface area contributed by atoms with Gasteiger partial charge in [-0.1, -0.05) is 23.2 Å². The molecule has 4 N–H and O–H groups in total. The van der Waals surface area contributed by atoms with Gasteiger partial charge in [-0.2, -0.15) is 0 Å². The maximum absolute atomic E-state index is 15.5. The highest BCUT2D eigenvalue weighted by Gasteiger charge is 2.74. The Bertz CT molecular complexity index is 1100. The number of hydrogen-bond acceptors (Lipinski definition) is 6. The number of cyclic esters (lactones) is 1. The van der Waals surface area contributed by atoms with E-state index in [2.05, 4.69) is 0 Å². The normalized spacial score (nSPS) is 24.6. The molecule has 0 unspecified atom stereocenters. The number of carboxylic acids is 2. The minimum Gasteiger partial charge on any atom is -0.478 e. The second-order valence-electron chi connectivity index (χ2n) is 7.05. The summed E-state index contributed by atoms with van der Waals surface area (Å²) in [4.78, 5) is 35.2. The zero-order chi connectivity index (χ0) is 23.3. The topological polar surface area (TPSA) is 141 Å². The second kappa shape index (κ2) is 7.76. The Morgan fingerprint density at radius 3 is 2.00 bits per heavy atom. The van der Waals surface area contributed by atoms with Crippen molar-refractivity contribution in [3.05, 3.63) is 68.7 Å². The van der Waals surface area contributed by atoms with Gasteiger partial charge in [0.1, 0.15) is 12.2 Å². The van der Waals surface area contributed by atoms with E-state index in [1.165, 1.54) is 12.1 Å². The van der Waals surface area contributed by atoms with Crippen LogP contribution in [0.15, 0.2) is 36.4 Å². The number of halogens is 3. The molecular weight excluding hydrogens is 458 g/mol. The summed E-state index contributed by atoms with van der Waals surface area (Å²) in [6, 6.07) is 6.53. The number of carboxylic acid groups (broad SMARTS) is 2. The fourth-order valence-electron chi connectivity index (χ4n) is 3.62. The molecule has 0 amide bonds. The predicted molar refractivity (Wildman–Crippen MR) is 105 cm³/mol. The molecule has 1 aliphatic heterocycles. The number of carbonyl (C=O) groups is 3. The third-order valence-electron chi connectivity index (χ3n) is 5.22. The average Bonchev–Trinajstić information content (AvgIpc) is 2.69. The number of esters is 1. The number of hydrogen-bond donors (Lipinski definition) is 4. The molecule has 0 spiro atoms. The van der Waals surface area contributed by atoms with Crippen molar-refractivity contribution in [2.24, 2.45) is 0 Å². The van der Waals surface area contributed by atoms with Crippen molar-refractivity contribution in [2.45, 2.75) is 30.4 Å². The molecule has 1 heterocycles. The van der Waals surface area contributed by atoms with Crippen molar-refractivity contribution in [1.82, 2.24) is 0 Å². The van der Waals surface area contributed by atoms with Gasteiger partial charge in [0, 0.05) is 15.6 Å². The van der Waals surface area contributed by atoms with E-state index >= 15 is 4.39 Å². The fourth-order valence-corrected chi connectivity index (χ4v) is 3.98. The van der Waals surface area contributed by atoms with Crippen molar-refractivity contribution in [3.8, 4) is 0 Å². The molecule has 2 aromatic carbocycles. The Morgan fingerprint density at radius 1 is 1.00 bits per heavy atom. The lowest BCUT2D eigenvalue weighted by atomic mass is 9.67. The van der Waals surface area contributed by atoms with E-state index in [1.807, 2.05) is 0 Å². The molecule has 0 radical (unpaired) electrons. The smallest absolute Gasteiger partial charge is 0.349 e.